The molecule has 0 radical (unpaired) electrons. The number of nitriles is 1. The number of hydrogen-bond acceptors (Lipinski definition) is 5. The van der Waals surface area contributed by atoms with Crippen molar-refractivity contribution in [2.75, 3.05) is 45.8 Å². The van der Waals surface area contributed by atoms with Crippen LogP contribution in [0.3, 0.4) is 0 Å². The molecule has 0 bridgehead atoms. The Morgan fingerprint density at radius 1 is 0.903 bits per heavy atom. The van der Waals surface area contributed by atoms with Crippen molar-refractivity contribution in [3.8, 4) is 6.07 Å². The summed E-state index contributed by atoms with van der Waals surface area (Å²) in [6.07, 6.45) is 4.15. The normalized spacial score (nSPS) is 17.1. The summed E-state index contributed by atoms with van der Waals surface area (Å²) in [5, 5.41) is 9.80. The fraction of sp³-hybridized carbons (Fsp3) is 0.478. The molecule has 8 heteroatoms. The van der Waals surface area contributed by atoms with E-state index in [1.807, 2.05) is 39.9 Å². The van der Waals surface area contributed by atoms with Gasteiger partial charge in [0.2, 0.25) is 0 Å². The molecule has 31 heavy (non-hydrogen) atoms. The summed E-state index contributed by atoms with van der Waals surface area (Å²) in [7, 11) is 0. The number of carbonyl (C=O) groups is 3. The third kappa shape index (κ3) is 4.47. The van der Waals surface area contributed by atoms with E-state index < -0.39 is 11.8 Å². The van der Waals surface area contributed by atoms with Gasteiger partial charge < -0.3 is 14.4 Å². The average Bonchev–Trinajstić information content (AvgIpc) is 3.46. The van der Waals surface area contributed by atoms with E-state index in [1.54, 1.807) is 9.80 Å². The molecule has 162 valence electrons. The molecule has 0 unspecified atom stereocenters. The molecular weight excluding hydrogens is 394 g/mol. The van der Waals surface area contributed by atoms with Crippen LogP contribution in [0.4, 0.5) is 0 Å². The Kier molecular flexibility index (Phi) is 6.33. The summed E-state index contributed by atoms with van der Waals surface area (Å²) in [4.78, 5) is 43.2. The first-order chi connectivity index (χ1) is 15.1. The van der Waals surface area contributed by atoms with Crippen LogP contribution in [0.5, 0.6) is 0 Å². The summed E-state index contributed by atoms with van der Waals surface area (Å²) < 4.78 is 1.96. The number of para-hydroxylation sites is 1. The molecule has 0 N–H and O–H groups in total. The molecule has 1 aromatic heterocycles. The van der Waals surface area contributed by atoms with Crippen LogP contribution in [0.15, 0.2) is 30.5 Å². The van der Waals surface area contributed by atoms with Gasteiger partial charge in [-0.15, -0.1) is 0 Å². The fourth-order valence-electron chi connectivity index (χ4n) is 4.41. The number of likely N-dealkylation sites (tertiary alicyclic amines) is 1. The molecule has 4 rings (SSSR count). The molecule has 0 atom stereocenters. The highest BCUT2D eigenvalue weighted by Gasteiger charge is 2.31. The zero-order valence-electron chi connectivity index (χ0n) is 17.6. The first-order valence-corrected chi connectivity index (χ1v) is 10.9. The molecule has 1 aromatic carbocycles. The molecule has 8 nitrogen and oxygen atoms in total. The van der Waals surface area contributed by atoms with Crippen LogP contribution in [0.25, 0.3) is 10.9 Å². The summed E-state index contributed by atoms with van der Waals surface area (Å²) in [5.74, 6) is -0.791. The predicted octanol–water partition coefficient (Wildman–Crippen LogP) is 1.50. The highest BCUT2D eigenvalue weighted by atomic mass is 16.2. The van der Waals surface area contributed by atoms with Crippen molar-refractivity contribution in [2.45, 2.75) is 25.8 Å². The van der Waals surface area contributed by atoms with Crippen molar-refractivity contribution in [3.63, 3.8) is 0 Å². The number of nitrogens with zero attached hydrogens (tertiary/aromatic N) is 5. The largest absolute Gasteiger partial charge is 0.346 e. The van der Waals surface area contributed by atoms with Crippen molar-refractivity contribution in [3.05, 3.63) is 36.0 Å². The molecule has 2 aliphatic heterocycles. The van der Waals surface area contributed by atoms with Crippen molar-refractivity contribution >= 4 is 28.5 Å². The summed E-state index contributed by atoms with van der Waals surface area (Å²) in [5.41, 5.74) is 1.62. The molecule has 2 saturated heterocycles. The van der Waals surface area contributed by atoms with Gasteiger partial charge in [-0.3, -0.25) is 19.3 Å². The van der Waals surface area contributed by atoms with Crippen LogP contribution in [0.1, 0.15) is 29.6 Å². The summed E-state index contributed by atoms with van der Waals surface area (Å²) in [6, 6.07) is 9.89. The van der Waals surface area contributed by atoms with Gasteiger partial charge in [-0.05, 0) is 18.9 Å². The molecule has 2 amide bonds. The number of Topliss-reactive ketones (excluding diaryl/α,β-unsaturated/α-hetero) is 1. The van der Waals surface area contributed by atoms with E-state index in [0.717, 1.165) is 23.7 Å². The van der Waals surface area contributed by atoms with E-state index in [1.165, 1.54) is 0 Å². The highest BCUT2D eigenvalue weighted by Crippen LogP contribution is 2.22. The van der Waals surface area contributed by atoms with E-state index in [0.29, 0.717) is 57.8 Å². The maximum absolute atomic E-state index is 13.1. The molecule has 0 spiro atoms. The number of benzene rings is 1. The third-order valence-electron chi connectivity index (χ3n) is 6.16. The average molecular weight is 422 g/mol. The Hall–Kier alpha value is -3.18. The van der Waals surface area contributed by atoms with Gasteiger partial charge in [0, 0.05) is 68.5 Å². The van der Waals surface area contributed by atoms with Crippen molar-refractivity contribution in [1.29, 1.82) is 5.26 Å². The zero-order chi connectivity index (χ0) is 21.8. The van der Waals surface area contributed by atoms with Gasteiger partial charge >= 0.3 is 11.8 Å². The number of hydrogen-bond donors (Lipinski definition) is 0. The van der Waals surface area contributed by atoms with Gasteiger partial charge in [-0.2, -0.15) is 5.26 Å². The van der Waals surface area contributed by atoms with Crippen molar-refractivity contribution in [1.82, 2.24) is 19.3 Å². The van der Waals surface area contributed by atoms with Gasteiger partial charge in [0.25, 0.3) is 0 Å². The van der Waals surface area contributed by atoms with E-state index in [-0.39, 0.29) is 12.3 Å². The van der Waals surface area contributed by atoms with Crippen LogP contribution >= 0.6 is 0 Å². The smallest absolute Gasteiger partial charge is 0.312 e. The van der Waals surface area contributed by atoms with Crippen LogP contribution in [0.2, 0.25) is 0 Å². The number of aryl methyl sites for hydroxylation is 1. The lowest BCUT2D eigenvalue weighted by molar-refractivity contribution is -0.152. The lowest BCUT2D eigenvalue weighted by Gasteiger charge is -2.34. The van der Waals surface area contributed by atoms with E-state index in [4.69, 9.17) is 5.26 Å². The number of carbonyl (C=O) groups excluding carboxylic acids is 3. The molecule has 3 heterocycles. The molecule has 2 aliphatic rings. The van der Waals surface area contributed by atoms with E-state index in [2.05, 4.69) is 6.07 Å². The Morgan fingerprint density at radius 2 is 1.55 bits per heavy atom. The summed E-state index contributed by atoms with van der Waals surface area (Å²) >= 11 is 0. The predicted molar refractivity (Wildman–Crippen MR) is 115 cm³/mol. The van der Waals surface area contributed by atoms with Crippen molar-refractivity contribution in [2.24, 2.45) is 0 Å². The first-order valence-electron chi connectivity index (χ1n) is 10.9. The lowest BCUT2D eigenvalue weighted by atomic mass is 10.1. The number of amides is 2. The Bertz CT molecular complexity index is 1020. The van der Waals surface area contributed by atoms with E-state index >= 15 is 0 Å². The number of rotatable bonds is 5. The highest BCUT2D eigenvalue weighted by molar-refractivity contribution is 6.35. The molecule has 0 saturated carbocycles. The SMILES string of the molecule is N#CCCn1cc(C(=O)CN2CCN(C(=O)C(=O)N3CCCC3)CC2)c2ccccc21. The fourth-order valence-corrected chi connectivity index (χ4v) is 4.41. The Balaban J connectivity index is 1.37. The maximum Gasteiger partial charge on any atom is 0.312 e. The van der Waals surface area contributed by atoms with Gasteiger partial charge in [0.05, 0.1) is 19.0 Å². The van der Waals surface area contributed by atoms with Crippen LogP contribution < -0.4 is 0 Å². The lowest BCUT2D eigenvalue weighted by Crippen LogP contribution is -2.53. The second-order valence-corrected chi connectivity index (χ2v) is 8.15. The Labute approximate surface area is 181 Å². The second-order valence-electron chi connectivity index (χ2n) is 8.15. The third-order valence-corrected chi connectivity index (χ3v) is 6.16. The minimum absolute atomic E-state index is 0.0276. The quantitative estimate of drug-likeness (QED) is 0.539. The van der Waals surface area contributed by atoms with Crippen LogP contribution in [0, 0.1) is 11.3 Å². The maximum atomic E-state index is 13.1. The minimum atomic E-state index is -0.423. The number of ketones is 1. The van der Waals surface area contributed by atoms with Gasteiger partial charge in [0.1, 0.15) is 0 Å². The topological polar surface area (TPSA) is 89.6 Å². The molecular formula is C23H27N5O3. The zero-order valence-corrected chi connectivity index (χ0v) is 17.6. The molecule has 2 aromatic rings. The van der Waals surface area contributed by atoms with Gasteiger partial charge in [0.15, 0.2) is 5.78 Å². The molecule has 0 aliphatic carbocycles. The standard InChI is InChI=1S/C23H27N5O3/c24-8-5-11-28-16-19(18-6-1-2-7-20(18)28)21(29)17-25-12-14-27(15-13-25)23(31)22(30)26-9-3-4-10-26/h1-2,6-7,16H,3-5,9-15,17H2. The summed E-state index contributed by atoms with van der Waals surface area (Å²) in [6.45, 7) is 4.20. The molecule has 2 fully saturated rings. The number of fused-ring (bicyclic) bond motifs is 1. The monoisotopic (exact) mass is 421 g/mol. The van der Waals surface area contributed by atoms with E-state index in [9.17, 15) is 14.4 Å². The van der Waals surface area contributed by atoms with Crippen molar-refractivity contribution < 1.29 is 14.4 Å². The second kappa shape index (κ2) is 9.31. The number of piperazine rings is 1. The number of aromatic nitrogens is 1. The Morgan fingerprint density at radius 3 is 2.23 bits per heavy atom. The van der Waals surface area contributed by atoms with Gasteiger partial charge in [-0.1, -0.05) is 18.2 Å². The van der Waals surface area contributed by atoms with Crippen LogP contribution in [-0.4, -0.2) is 82.7 Å². The minimum Gasteiger partial charge on any atom is -0.346 e. The van der Waals surface area contributed by atoms with Gasteiger partial charge in [-0.25, -0.2) is 0 Å². The first kappa shape index (κ1) is 21.1. The van der Waals surface area contributed by atoms with Crippen LogP contribution in [-0.2, 0) is 16.1 Å².